The van der Waals surface area contributed by atoms with Crippen molar-refractivity contribution in [2.24, 2.45) is 0 Å². The first-order chi connectivity index (χ1) is 10.6. The lowest BCUT2D eigenvalue weighted by molar-refractivity contribution is -0.145. The number of anilines is 1. The molecule has 7 heteroatoms. The molecule has 2 N–H and O–H groups in total. The van der Waals surface area contributed by atoms with Crippen molar-refractivity contribution < 1.29 is 19.1 Å². The predicted octanol–water partition coefficient (Wildman–Crippen LogP) is 1.01. The Bertz CT molecular complexity index is 548. The number of para-hydroxylation sites is 1. The number of rotatable bonds is 7. The third-order valence-electron chi connectivity index (χ3n) is 2.64. The van der Waals surface area contributed by atoms with Crippen LogP contribution in [0.5, 0.6) is 0 Å². The van der Waals surface area contributed by atoms with Crippen molar-refractivity contribution in [1.29, 1.82) is 5.26 Å². The highest BCUT2D eigenvalue weighted by Crippen LogP contribution is 2.13. The summed E-state index contributed by atoms with van der Waals surface area (Å²) in [7, 11) is 0. The smallest absolute Gasteiger partial charge is 0.313 e. The number of hydrogen-bond acceptors (Lipinski definition) is 5. The summed E-state index contributed by atoms with van der Waals surface area (Å²) in [6.45, 7) is 4.54. The predicted molar refractivity (Wildman–Crippen MR) is 79.8 cm³/mol. The van der Waals surface area contributed by atoms with E-state index in [-0.39, 0.29) is 17.8 Å². The third-order valence-corrected chi connectivity index (χ3v) is 2.64. The minimum atomic E-state index is -0.852. The monoisotopic (exact) mass is 305 g/mol. The number of benzene rings is 1. The Morgan fingerprint density at radius 2 is 1.82 bits per heavy atom. The van der Waals surface area contributed by atoms with Crippen LogP contribution in [-0.2, 0) is 19.1 Å². The quantitative estimate of drug-likeness (QED) is 0.578. The zero-order chi connectivity index (χ0) is 16.4. The number of hydrogen-bond donors (Lipinski definition) is 2. The number of nitriles is 1. The summed E-state index contributed by atoms with van der Waals surface area (Å²) in [6, 6.07) is 8.37. The molecule has 0 saturated heterocycles. The van der Waals surface area contributed by atoms with Crippen LogP contribution in [0.4, 0.5) is 5.69 Å². The van der Waals surface area contributed by atoms with Crippen LogP contribution in [0.2, 0.25) is 0 Å². The van der Waals surface area contributed by atoms with Crippen LogP contribution in [0.1, 0.15) is 19.4 Å². The Hall–Kier alpha value is -2.43. The molecule has 118 valence electrons. The molecule has 0 aliphatic rings. The van der Waals surface area contributed by atoms with Crippen LogP contribution in [-0.4, -0.2) is 37.9 Å². The van der Waals surface area contributed by atoms with Crippen LogP contribution in [0, 0.1) is 11.3 Å². The highest BCUT2D eigenvalue weighted by atomic mass is 16.7. The fourth-order valence-electron chi connectivity index (χ4n) is 1.66. The van der Waals surface area contributed by atoms with Crippen molar-refractivity contribution in [1.82, 2.24) is 5.32 Å². The van der Waals surface area contributed by atoms with Crippen molar-refractivity contribution in [3.63, 3.8) is 0 Å². The van der Waals surface area contributed by atoms with E-state index in [1.165, 1.54) is 0 Å². The molecule has 0 heterocycles. The van der Waals surface area contributed by atoms with Gasteiger partial charge in [-0.2, -0.15) is 5.26 Å². The summed E-state index contributed by atoms with van der Waals surface area (Å²) >= 11 is 0. The first-order valence-corrected chi connectivity index (χ1v) is 6.93. The van der Waals surface area contributed by atoms with Crippen LogP contribution in [0.15, 0.2) is 24.3 Å². The number of amides is 2. The lowest BCUT2D eigenvalue weighted by Gasteiger charge is -2.17. The zero-order valence-electron chi connectivity index (χ0n) is 12.6. The maximum absolute atomic E-state index is 11.8. The Labute approximate surface area is 129 Å². The Balaban J connectivity index is 2.55. The highest BCUT2D eigenvalue weighted by Gasteiger charge is 2.17. The maximum atomic E-state index is 11.8. The summed E-state index contributed by atoms with van der Waals surface area (Å²) in [5.74, 6) is -1.67. The fraction of sp³-hybridized carbons (Fsp3) is 0.400. The van der Waals surface area contributed by atoms with Crippen LogP contribution in [0.3, 0.4) is 0 Å². The molecule has 22 heavy (non-hydrogen) atoms. The normalized spacial score (nSPS) is 10.1. The summed E-state index contributed by atoms with van der Waals surface area (Å²) in [5.41, 5.74) is 0.571. The topological polar surface area (TPSA) is 100 Å². The fourth-order valence-corrected chi connectivity index (χ4v) is 1.66. The molecule has 0 radical (unpaired) electrons. The number of ether oxygens (including phenoxy) is 2. The lowest BCUT2D eigenvalue weighted by Crippen LogP contribution is -2.41. The van der Waals surface area contributed by atoms with Crippen LogP contribution in [0.25, 0.3) is 0 Å². The molecular weight excluding hydrogens is 286 g/mol. The molecule has 0 aliphatic heterocycles. The number of carbonyl (C=O) groups is 2. The molecule has 0 saturated carbocycles. The lowest BCUT2D eigenvalue weighted by atomic mass is 10.2. The second-order valence-electron chi connectivity index (χ2n) is 4.16. The Kier molecular flexibility index (Phi) is 7.61. The molecule has 0 unspecified atom stereocenters. The largest absolute Gasteiger partial charge is 0.351 e. The summed E-state index contributed by atoms with van der Waals surface area (Å²) in [4.78, 5) is 23.5. The molecule has 0 aliphatic carbocycles. The van der Waals surface area contributed by atoms with Crippen molar-refractivity contribution in [3.8, 4) is 6.07 Å². The summed E-state index contributed by atoms with van der Waals surface area (Å²) in [6.07, 6.45) is -0.599. The molecule has 0 aromatic heterocycles. The van der Waals surface area contributed by atoms with Gasteiger partial charge in [-0.05, 0) is 26.0 Å². The SMILES string of the molecule is CCOC(CNC(=O)C(=O)Nc1ccccc1C#N)OCC. The van der Waals surface area contributed by atoms with Crippen LogP contribution >= 0.6 is 0 Å². The zero-order valence-corrected chi connectivity index (χ0v) is 12.6. The van der Waals surface area contributed by atoms with E-state index in [0.717, 1.165) is 0 Å². The van der Waals surface area contributed by atoms with Gasteiger partial charge in [-0.25, -0.2) is 0 Å². The van der Waals surface area contributed by atoms with E-state index < -0.39 is 18.1 Å². The standard InChI is InChI=1S/C15H19N3O4/c1-3-21-13(22-4-2)10-17-14(19)15(20)18-12-8-6-5-7-11(12)9-16/h5-8,13H,3-4,10H2,1-2H3,(H,17,19)(H,18,20). The molecule has 7 nitrogen and oxygen atoms in total. The van der Waals surface area contributed by atoms with Crippen molar-refractivity contribution in [2.75, 3.05) is 25.1 Å². The minimum absolute atomic E-state index is 0.0633. The molecule has 0 bridgehead atoms. The van der Waals surface area contributed by atoms with Gasteiger partial charge in [-0.15, -0.1) is 0 Å². The molecule has 0 atom stereocenters. The second kappa shape index (κ2) is 9.50. The van der Waals surface area contributed by atoms with Crippen molar-refractivity contribution in [2.45, 2.75) is 20.1 Å². The average molecular weight is 305 g/mol. The van der Waals surface area contributed by atoms with Crippen molar-refractivity contribution in [3.05, 3.63) is 29.8 Å². The highest BCUT2D eigenvalue weighted by molar-refractivity contribution is 6.39. The van der Waals surface area contributed by atoms with Gasteiger partial charge in [0, 0.05) is 13.2 Å². The van der Waals surface area contributed by atoms with Gasteiger partial charge in [0.05, 0.1) is 17.8 Å². The van der Waals surface area contributed by atoms with Gasteiger partial charge in [0.15, 0.2) is 6.29 Å². The molecule has 0 fully saturated rings. The minimum Gasteiger partial charge on any atom is -0.351 e. The molecule has 1 aromatic rings. The van der Waals surface area contributed by atoms with Crippen LogP contribution < -0.4 is 10.6 Å². The van der Waals surface area contributed by atoms with E-state index in [0.29, 0.717) is 13.2 Å². The van der Waals surface area contributed by atoms with Gasteiger partial charge in [-0.3, -0.25) is 9.59 Å². The number of carbonyl (C=O) groups excluding carboxylic acids is 2. The van der Waals surface area contributed by atoms with E-state index in [9.17, 15) is 9.59 Å². The molecule has 1 aromatic carbocycles. The third kappa shape index (κ3) is 5.52. The van der Waals surface area contributed by atoms with E-state index in [1.807, 2.05) is 6.07 Å². The Morgan fingerprint density at radius 3 is 2.41 bits per heavy atom. The maximum Gasteiger partial charge on any atom is 0.313 e. The number of nitrogens with one attached hydrogen (secondary N) is 2. The van der Waals surface area contributed by atoms with Gasteiger partial charge in [-0.1, -0.05) is 12.1 Å². The van der Waals surface area contributed by atoms with E-state index >= 15 is 0 Å². The van der Waals surface area contributed by atoms with E-state index in [2.05, 4.69) is 10.6 Å². The van der Waals surface area contributed by atoms with Crippen molar-refractivity contribution >= 4 is 17.5 Å². The van der Waals surface area contributed by atoms with Gasteiger partial charge < -0.3 is 20.1 Å². The summed E-state index contributed by atoms with van der Waals surface area (Å²) < 4.78 is 10.5. The van der Waals surface area contributed by atoms with E-state index in [4.69, 9.17) is 14.7 Å². The first-order valence-electron chi connectivity index (χ1n) is 6.93. The Morgan fingerprint density at radius 1 is 1.18 bits per heavy atom. The van der Waals surface area contributed by atoms with E-state index in [1.54, 1.807) is 38.1 Å². The van der Waals surface area contributed by atoms with Gasteiger partial charge >= 0.3 is 11.8 Å². The van der Waals surface area contributed by atoms with Gasteiger partial charge in [0.2, 0.25) is 0 Å². The molecule has 2 amide bonds. The molecule has 1 rings (SSSR count). The molecule has 0 spiro atoms. The first kappa shape index (κ1) is 17.6. The van der Waals surface area contributed by atoms with Gasteiger partial charge in [0.1, 0.15) is 6.07 Å². The average Bonchev–Trinajstić information content (AvgIpc) is 2.53. The molecular formula is C15H19N3O4. The number of nitrogens with zero attached hydrogens (tertiary/aromatic N) is 1. The summed E-state index contributed by atoms with van der Waals surface area (Å²) in [5, 5.41) is 13.7. The van der Waals surface area contributed by atoms with Gasteiger partial charge in [0.25, 0.3) is 0 Å². The second-order valence-corrected chi connectivity index (χ2v) is 4.16.